The van der Waals surface area contributed by atoms with E-state index in [0.29, 0.717) is 12.6 Å². The highest BCUT2D eigenvalue weighted by molar-refractivity contribution is 5.87. The number of rotatable bonds is 3. The van der Waals surface area contributed by atoms with Gasteiger partial charge in [-0.2, -0.15) is 0 Å². The van der Waals surface area contributed by atoms with Crippen LogP contribution in [0.2, 0.25) is 0 Å². The highest BCUT2D eigenvalue weighted by Gasteiger charge is 2.25. The molecule has 2 saturated heterocycles. The average Bonchev–Trinajstić information content (AvgIpc) is 2.72. The summed E-state index contributed by atoms with van der Waals surface area (Å²) in [5.74, 6) is -0.374. The topological polar surface area (TPSA) is 58.6 Å². The number of cyclic esters (lactones) is 1. The van der Waals surface area contributed by atoms with Gasteiger partial charge in [0.25, 0.3) is 5.91 Å². The minimum absolute atomic E-state index is 0.0763. The highest BCUT2D eigenvalue weighted by atomic mass is 16.5. The maximum absolute atomic E-state index is 11.4. The molecule has 84 valence electrons. The zero-order valence-electron chi connectivity index (χ0n) is 8.70. The van der Waals surface area contributed by atoms with Crippen LogP contribution in [-0.2, 0) is 14.3 Å². The molecule has 5 nitrogen and oxygen atoms in total. The Morgan fingerprint density at radius 2 is 2.33 bits per heavy atom. The van der Waals surface area contributed by atoms with Crippen LogP contribution >= 0.6 is 0 Å². The minimum Gasteiger partial charge on any atom is -0.454 e. The summed E-state index contributed by atoms with van der Waals surface area (Å²) in [4.78, 5) is 23.9. The lowest BCUT2D eigenvalue weighted by Crippen LogP contribution is -2.45. The van der Waals surface area contributed by atoms with Crippen LogP contribution < -0.4 is 5.32 Å². The van der Waals surface area contributed by atoms with Gasteiger partial charge in [-0.1, -0.05) is 0 Å². The first-order chi connectivity index (χ1) is 7.25. The van der Waals surface area contributed by atoms with Crippen LogP contribution in [0.1, 0.15) is 19.3 Å². The molecule has 1 amide bonds. The first kappa shape index (κ1) is 10.4. The number of carbonyl (C=O) groups excluding carboxylic acids is 2. The summed E-state index contributed by atoms with van der Waals surface area (Å²) in [6, 6.07) is 0.510. The van der Waals surface area contributed by atoms with Gasteiger partial charge in [-0.3, -0.25) is 9.59 Å². The fourth-order valence-corrected chi connectivity index (χ4v) is 2.04. The molecule has 5 heteroatoms. The molecule has 0 spiro atoms. The van der Waals surface area contributed by atoms with Crippen molar-refractivity contribution in [3.8, 4) is 0 Å². The van der Waals surface area contributed by atoms with Crippen molar-refractivity contribution < 1.29 is 14.3 Å². The monoisotopic (exact) mass is 212 g/mol. The number of hydrogen-bond donors (Lipinski definition) is 1. The summed E-state index contributed by atoms with van der Waals surface area (Å²) in [5.41, 5.74) is 0. The highest BCUT2D eigenvalue weighted by Crippen LogP contribution is 2.10. The Bertz CT molecular complexity index is 261. The summed E-state index contributed by atoms with van der Waals surface area (Å²) in [5, 5.41) is 3.37. The van der Waals surface area contributed by atoms with Gasteiger partial charge < -0.3 is 15.0 Å². The van der Waals surface area contributed by atoms with Crippen LogP contribution in [0.4, 0.5) is 0 Å². The second-order valence-corrected chi connectivity index (χ2v) is 4.06. The lowest BCUT2D eigenvalue weighted by molar-refractivity contribution is -0.162. The van der Waals surface area contributed by atoms with E-state index in [1.807, 2.05) is 0 Å². The first-order valence-electron chi connectivity index (χ1n) is 5.42. The Labute approximate surface area is 88.8 Å². The molecule has 1 atom stereocenters. The van der Waals surface area contributed by atoms with Gasteiger partial charge in [0.2, 0.25) is 0 Å². The van der Waals surface area contributed by atoms with Gasteiger partial charge in [0.05, 0.1) is 0 Å². The van der Waals surface area contributed by atoms with E-state index in [1.165, 1.54) is 12.8 Å². The van der Waals surface area contributed by atoms with Crippen molar-refractivity contribution >= 4 is 11.9 Å². The van der Waals surface area contributed by atoms with Gasteiger partial charge in [-0.15, -0.1) is 0 Å². The molecule has 0 aromatic heterocycles. The van der Waals surface area contributed by atoms with E-state index < -0.39 is 0 Å². The Morgan fingerprint density at radius 3 is 3.07 bits per heavy atom. The molecule has 2 heterocycles. The van der Waals surface area contributed by atoms with Gasteiger partial charge in [-0.05, 0) is 25.8 Å². The third-order valence-corrected chi connectivity index (χ3v) is 2.94. The number of esters is 1. The second-order valence-electron chi connectivity index (χ2n) is 4.06. The van der Waals surface area contributed by atoms with Crippen LogP contribution in [0.3, 0.4) is 0 Å². The van der Waals surface area contributed by atoms with E-state index in [4.69, 9.17) is 0 Å². The molecule has 0 bridgehead atoms. The van der Waals surface area contributed by atoms with E-state index in [-0.39, 0.29) is 25.0 Å². The smallest absolute Gasteiger partial charge is 0.326 e. The van der Waals surface area contributed by atoms with Crippen molar-refractivity contribution in [3.63, 3.8) is 0 Å². The molecule has 0 radical (unpaired) electrons. The van der Waals surface area contributed by atoms with Crippen molar-refractivity contribution in [1.82, 2.24) is 10.2 Å². The number of nitrogens with zero attached hydrogens (tertiary/aromatic N) is 1. The van der Waals surface area contributed by atoms with E-state index in [1.54, 1.807) is 4.90 Å². The Balaban J connectivity index is 1.76. The third-order valence-electron chi connectivity index (χ3n) is 2.94. The second kappa shape index (κ2) is 4.61. The quantitative estimate of drug-likeness (QED) is 0.642. The summed E-state index contributed by atoms with van der Waals surface area (Å²) < 4.78 is 4.65. The van der Waals surface area contributed by atoms with Crippen LogP contribution in [0.5, 0.6) is 0 Å². The third kappa shape index (κ3) is 2.68. The molecule has 1 unspecified atom stereocenters. The minimum atomic E-state index is -0.297. The summed E-state index contributed by atoms with van der Waals surface area (Å²) in [6.07, 6.45) is 3.31. The van der Waals surface area contributed by atoms with Crippen LogP contribution in [-0.4, -0.2) is 49.1 Å². The zero-order valence-corrected chi connectivity index (χ0v) is 8.70. The molecular weight excluding hydrogens is 196 g/mol. The molecular formula is C10H16N2O3. The fourth-order valence-electron chi connectivity index (χ4n) is 2.04. The van der Waals surface area contributed by atoms with Crippen molar-refractivity contribution in [1.29, 1.82) is 0 Å². The van der Waals surface area contributed by atoms with Crippen molar-refractivity contribution in [2.24, 2.45) is 0 Å². The van der Waals surface area contributed by atoms with Crippen molar-refractivity contribution in [2.75, 3.05) is 26.2 Å². The molecule has 0 aromatic carbocycles. The summed E-state index contributed by atoms with van der Waals surface area (Å²) in [7, 11) is 0. The van der Waals surface area contributed by atoms with Crippen molar-refractivity contribution in [2.45, 2.75) is 25.3 Å². The maximum Gasteiger partial charge on any atom is 0.326 e. The number of carbonyl (C=O) groups is 2. The maximum atomic E-state index is 11.4. The summed E-state index contributed by atoms with van der Waals surface area (Å²) in [6.45, 7) is 1.76. The number of ether oxygens (including phenoxy) is 1. The molecule has 2 aliphatic heterocycles. The zero-order chi connectivity index (χ0) is 10.7. The van der Waals surface area contributed by atoms with Gasteiger partial charge >= 0.3 is 5.97 Å². The van der Waals surface area contributed by atoms with Gasteiger partial charge in [0, 0.05) is 12.6 Å². The molecule has 15 heavy (non-hydrogen) atoms. The first-order valence-corrected chi connectivity index (χ1v) is 5.42. The SMILES string of the molecule is O=C1CN(CCC2CCCN2)C(=O)CO1. The standard InChI is InChI=1S/C10H16N2O3/c13-9-7-15-10(14)6-12(9)5-3-8-2-1-4-11-8/h8,11H,1-7H2. The lowest BCUT2D eigenvalue weighted by Gasteiger charge is -2.26. The average molecular weight is 212 g/mol. The number of morpholine rings is 1. The number of amides is 1. The van der Waals surface area contributed by atoms with E-state index in [9.17, 15) is 9.59 Å². The van der Waals surface area contributed by atoms with Crippen LogP contribution in [0.15, 0.2) is 0 Å². The Kier molecular flexibility index (Phi) is 3.20. The number of nitrogens with one attached hydrogen (secondary N) is 1. The van der Waals surface area contributed by atoms with Crippen LogP contribution in [0, 0.1) is 0 Å². The molecule has 0 aliphatic carbocycles. The molecule has 0 saturated carbocycles. The molecule has 2 fully saturated rings. The molecule has 2 rings (SSSR count). The van der Waals surface area contributed by atoms with Crippen molar-refractivity contribution in [3.05, 3.63) is 0 Å². The molecule has 0 aromatic rings. The van der Waals surface area contributed by atoms with E-state index in [0.717, 1.165) is 13.0 Å². The van der Waals surface area contributed by atoms with Gasteiger partial charge in [0.15, 0.2) is 6.61 Å². The van der Waals surface area contributed by atoms with Gasteiger partial charge in [-0.25, -0.2) is 0 Å². The number of hydrogen-bond acceptors (Lipinski definition) is 4. The Hall–Kier alpha value is -1.10. The van der Waals surface area contributed by atoms with Crippen LogP contribution in [0.25, 0.3) is 0 Å². The lowest BCUT2D eigenvalue weighted by atomic mass is 10.1. The largest absolute Gasteiger partial charge is 0.454 e. The predicted octanol–water partition coefficient (Wildman–Crippen LogP) is -0.486. The molecule has 1 N–H and O–H groups in total. The van der Waals surface area contributed by atoms with E-state index in [2.05, 4.69) is 10.1 Å². The molecule has 2 aliphatic rings. The summed E-state index contributed by atoms with van der Waals surface area (Å²) >= 11 is 0. The normalized spacial score (nSPS) is 26.9. The van der Waals surface area contributed by atoms with E-state index >= 15 is 0 Å². The predicted molar refractivity (Wildman–Crippen MR) is 53.2 cm³/mol. The fraction of sp³-hybridized carbons (Fsp3) is 0.800. The van der Waals surface area contributed by atoms with Gasteiger partial charge in [0.1, 0.15) is 6.54 Å². The Morgan fingerprint density at radius 1 is 1.47 bits per heavy atom.